The third kappa shape index (κ3) is 4.58. The number of para-hydroxylation sites is 1. The number of benzene rings is 2. The second-order valence-electron chi connectivity index (χ2n) is 6.80. The highest BCUT2D eigenvalue weighted by molar-refractivity contribution is 7.12. The summed E-state index contributed by atoms with van der Waals surface area (Å²) >= 11 is 1.30. The number of esters is 1. The minimum Gasteiger partial charge on any atom is -0.459 e. The number of aromatic nitrogens is 1. The summed E-state index contributed by atoms with van der Waals surface area (Å²) in [5.74, 6) is -1.31. The zero-order chi connectivity index (χ0) is 20.9. The van der Waals surface area contributed by atoms with E-state index >= 15 is 0 Å². The van der Waals surface area contributed by atoms with Crippen molar-refractivity contribution >= 4 is 34.1 Å². The van der Waals surface area contributed by atoms with Crippen LogP contribution in [0.5, 0.6) is 0 Å². The summed E-state index contributed by atoms with van der Waals surface area (Å²) in [6.07, 6.45) is 2.10. The molecule has 4 rings (SSSR count). The summed E-state index contributed by atoms with van der Waals surface area (Å²) in [5, 5.41) is 5.55. The van der Waals surface area contributed by atoms with E-state index < -0.39 is 17.8 Å². The Labute approximate surface area is 176 Å². The number of hydrogen-bond acceptors (Lipinski definition) is 4. The van der Waals surface area contributed by atoms with Gasteiger partial charge in [0.1, 0.15) is 18.5 Å². The van der Waals surface area contributed by atoms with Gasteiger partial charge in [0, 0.05) is 23.5 Å². The van der Waals surface area contributed by atoms with Crippen LogP contribution in [0.25, 0.3) is 10.9 Å². The summed E-state index contributed by atoms with van der Waals surface area (Å²) in [6, 6.07) is 16.2. The molecule has 2 N–H and O–H groups in total. The average molecular weight is 422 g/mol. The number of halogens is 1. The van der Waals surface area contributed by atoms with Crippen molar-refractivity contribution in [3.8, 4) is 0 Å². The Morgan fingerprint density at radius 2 is 1.97 bits per heavy atom. The van der Waals surface area contributed by atoms with Crippen molar-refractivity contribution in [1.82, 2.24) is 10.3 Å². The molecular weight excluding hydrogens is 403 g/mol. The van der Waals surface area contributed by atoms with Gasteiger partial charge in [-0.3, -0.25) is 4.79 Å². The smallest absolute Gasteiger partial charge is 0.329 e. The molecule has 0 unspecified atom stereocenters. The topological polar surface area (TPSA) is 71.2 Å². The highest BCUT2D eigenvalue weighted by atomic mass is 32.1. The molecule has 4 aromatic rings. The normalized spacial score (nSPS) is 11.9. The summed E-state index contributed by atoms with van der Waals surface area (Å²) in [5.41, 5.74) is 2.38. The van der Waals surface area contributed by atoms with Gasteiger partial charge in [0.15, 0.2) is 0 Å². The van der Waals surface area contributed by atoms with E-state index in [4.69, 9.17) is 4.74 Å². The van der Waals surface area contributed by atoms with Gasteiger partial charge in [-0.25, -0.2) is 9.18 Å². The Bertz CT molecular complexity index is 1170. The van der Waals surface area contributed by atoms with Gasteiger partial charge in [-0.05, 0) is 40.8 Å². The van der Waals surface area contributed by atoms with Crippen LogP contribution >= 0.6 is 11.3 Å². The molecule has 0 saturated carbocycles. The van der Waals surface area contributed by atoms with Crippen molar-refractivity contribution in [2.24, 2.45) is 0 Å². The molecule has 0 aliphatic heterocycles. The molecule has 0 fully saturated rings. The van der Waals surface area contributed by atoms with Crippen LogP contribution in [-0.2, 0) is 22.6 Å². The minimum atomic E-state index is -0.882. The number of ether oxygens (including phenoxy) is 1. The molecule has 7 heteroatoms. The molecule has 1 atom stereocenters. The second kappa shape index (κ2) is 8.92. The van der Waals surface area contributed by atoms with E-state index in [-0.39, 0.29) is 18.9 Å². The van der Waals surface area contributed by atoms with Gasteiger partial charge in [-0.1, -0.05) is 36.4 Å². The van der Waals surface area contributed by atoms with Gasteiger partial charge in [0.25, 0.3) is 5.91 Å². The fourth-order valence-electron chi connectivity index (χ4n) is 3.23. The predicted molar refractivity (Wildman–Crippen MR) is 114 cm³/mol. The first kappa shape index (κ1) is 19.8. The molecule has 1 amide bonds. The lowest BCUT2D eigenvalue weighted by Gasteiger charge is -2.17. The highest BCUT2D eigenvalue weighted by Gasteiger charge is 2.25. The number of thiophene rings is 1. The van der Waals surface area contributed by atoms with Crippen molar-refractivity contribution in [3.05, 3.63) is 94.1 Å². The van der Waals surface area contributed by atoms with Crippen molar-refractivity contribution in [2.75, 3.05) is 0 Å². The number of fused-ring (bicyclic) bond motifs is 1. The quantitative estimate of drug-likeness (QED) is 0.432. The fourth-order valence-corrected chi connectivity index (χ4v) is 3.86. The molecule has 2 aromatic heterocycles. The molecule has 0 aliphatic rings. The molecule has 0 saturated heterocycles. The van der Waals surface area contributed by atoms with Crippen LogP contribution < -0.4 is 5.32 Å². The van der Waals surface area contributed by atoms with Gasteiger partial charge in [0.05, 0.1) is 4.88 Å². The van der Waals surface area contributed by atoms with Crippen LogP contribution in [0.2, 0.25) is 0 Å². The SMILES string of the molecule is O=C(N[C@H](Cc1c[nH]c2ccccc12)C(=O)OCc1cccc(F)c1)c1cccs1. The van der Waals surface area contributed by atoms with E-state index in [0.717, 1.165) is 16.5 Å². The molecule has 0 bridgehead atoms. The summed E-state index contributed by atoms with van der Waals surface area (Å²) < 4.78 is 18.8. The van der Waals surface area contributed by atoms with Crippen molar-refractivity contribution in [3.63, 3.8) is 0 Å². The van der Waals surface area contributed by atoms with Crippen LogP contribution in [0.15, 0.2) is 72.2 Å². The lowest BCUT2D eigenvalue weighted by molar-refractivity contribution is -0.147. The zero-order valence-corrected chi connectivity index (χ0v) is 16.7. The number of rotatable bonds is 7. The predicted octanol–water partition coefficient (Wildman–Crippen LogP) is 4.45. The van der Waals surface area contributed by atoms with Gasteiger partial charge in [0.2, 0.25) is 0 Å². The van der Waals surface area contributed by atoms with Gasteiger partial charge in [-0.15, -0.1) is 11.3 Å². The largest absolute Gasteiger partial charge is 0.459 e. The zero-order valence-electron chi connectivity index (χ0n) is 15.9. The van der Waals surface area contributed by atoms with E-state index in [1.54, 1.807) is 29.6 Å². The Hall–Kier alpha value is -3.45. The maximum atomic E-state index is 13.4. The van der Waals surface area contributed by atoms with Gasteiger partial charge < -0.3 is 15.0 Å². The average Bonchev–Trinajstić information content (AvgIpc) is 3.42. The maximum Gasteiger partial charge on any atom is 0.329 e. The third-order valence-electron chi connectivity index (χ3n) is 4.70. The standard InChI is InChI=1S/C23H19FN2O3S/c24-17-6-3-5-15(11-17)14-29-23(28)20(26-22(27)21-9-4-10-30-21)12-16-13-25-19-8-2-1-7-18(16)19/h1-11,13,20,25H,12,14H2,(H,26,27)/t20-/m1/s1. The highest BCUT2D eigenvalue weighted by Crippen LogP contribution is 2.20. The van der Waals surface area contributed by atoms with Crippen molar-refractivity contribution in [1.29, 1.82) is 0 Å². The molecule has 0 aliphatic carbocycles. The fraction of sp³-hybridized carbons (Fsp3) is 0.130. The van der Waals surface area contributed by atoms with Crippen LogP contribution in [0.3, 0.4) is 0 Å². The molecule has 0 spiro atoms. The maximum absolute atomic E-state index is 13.4. The van der Waals surface area contributed by atoms with Crippen LogP contribution in [-0.4, -0.2) is 22.9 Å². The van der Waals surface area contributed by atoms with Gasteiger partial charge >= 0.3 is 5.97 Å². The Morgan fingerprint density at radius 3 is 2.77 bits per heavy atom. The van der Waals surface area contributed by atoms with Crippen molar-refractivity contribution < 1.29 is 18.7 Å². The minimum absolute atomic E-state index is 0.0736. The summed E-state index contributed by atoms with van der Waals surface area (Å²) in [4.78, 5) is 29.1. The number of aromatic amines is 1. The first-order valence-electron chi connectivity index (χ1n) is 9.40. The molecule has 0 radical (unpaired) electrons. The monoisotopic (exact) mass is 422 g/mol. The van der Waals surface area contributed by atoms with Crippen molar-refractivity contribution in [2.45, 2.75) is 19.1 Å². The third-order valence-corrected chi connectivity index (χ3v) is 5.57. The first-order valence-corrected chi connectivity index (χ1v) is 10.3. The molecule has 2 heterocycles. The molecular formula is C23H19FN2O3S. The molecule has 2 aromatic carbocycles. The number of hydrogen-bond donors (Lipinski definition) is 2. The number of amides is 1. The van der Waals surface area contributed by atoms with Crippen LogP contribution in [0.1, 0.15) is 20.8 Å². The molecule has 30 heavy (non-hydrogen) atoms. The Balaban J connectivity index is 1.52. The summed E-state index contributed by atoms with van der Waals surface area (Å²) in [7, 11) is 0. The number of nitrogens with one attached hydrogen (secondary N) is 2. The number of carbonyl (C=O) groups is 2. The molecule has 5 nitrogen and oxygen atoms in total. The van der Waals surface area contributed by atoms with Crippen LogP contribution in [0, 0.1) is 5.82 Å². The lowest BCUT2D eigenvalue weighted by atomic mass is 10.0. The van der Waals surface area contributed by atoms with E-state index in [9.17, 15) is 14.0 Å². The Morgan fingerprint density at radius 1 is 1.10 bits per heavy atom. The van der Waals surface area contributed by atoms with E-state index in [2.05, 4.69) is 10.3 Å². The van der Waals surface area contributed by atoms with E-state index in [1.165, 1.54) is 23.5 Å². The first-order chi connectivity index (χ1) is 14.6. The number of carbonyl (C=O) groups excluding carboxylic acids is 2. The van der Waals surface area contributed by atoms with Gasteiger partial charge in [-0.2, -0.15) is 0 Å². The van der Waals surface area contributed by atoms with Crippen LogP contribution in [0.4, 0.5) is 4.39 Å². The van der Waals surface area contributed by atoms with E-state index in [0.29, 0.717) is 10.4 Å². The Kier molecular flexibility index (Phi) is 5.90. The number of H-pyrrole nitrogens is 1. The lowest BCUT2D eigenvalue weighted by Crippen LogP contribution is -2.43. The molecule has 152 valence electrons. The van der Waals surface area contributed by atoms with E-state index in [1.807, 2.05) is 30.5 Å². The summed E-state index contributed by atoms with van der Waals surface area (Å²) in [6.45, 7) is -0.0736. The second-order valence-corrected chi connectivity index (χ2v) is 7.75.